The minimum absolute atomic E-state index is 0.302. The number of carbonyl (C=O) groups is 1. The van der Waals surface area contributed by atoms with Gasteiger partial charge in [0.1, 0.15) is 0 Å². The quantitative estimate of drug-likeness (QED) is 0.849. The number of anilines is 1. The van der Waals surface area contributed by atoms with Crippen LogP contribution in [0.15, 0.2) is 47.5 Å². The van der Waals surface area contributed by atoms with Crippen LogP contribution in [0, 0.1) is 6.92 Å². The molecule has 0 bridgehead atoms. The standard InChI is InChI=1S/C20H22N2O2/c1-15-12-19(22-10-2-3-11-22)9-8-18(15)14-21-13-16-4-6-17(7-5-16)20(23)24/h4-9,12,14H,2-3,10-11,13H2,1H3,(H,23,24). The lowest BCUT2D eigenvalue weighted by atomic mass is 10.1. The van der Waals surface area contributed by atoms with E-state index in [9.17, 15) is 4.79 Å². The largest absolute Gasteiger partial charge is 0.478 e. The highest BCUT2D eigenvalue weighted by molar-refractivity contribution is 5.87. The van der Waals surface area contributed by atoms with Gasteiger partial charge in [0.2, 0.25) is 0 Å². The molecular formula is C20H22N2O2. The molecule has 1 aliphatic heterocycles. The normalized spacial score (nSPS) is 14.5. The Balaban J connectivity index is 1.64. The molecule has 24 heavy (non-hydrogen) atoms. The molecule has 124 valence electrons. The fourth-order valence-electron chi connectivity index (χ4n) is 2.98. The Morgan fingerprint density at radius 2 is 1.88 bits per heavy atom. The maximum Gasteiger partial charge on any atom is 0.335 e. The molecule has 1 N–H and O–H groups in total. The second-order valence-electron chi connectivity index (χ2n) is 6.21. The van der Waals surface area contributed by atoms with Crippen LogP contribution in [0.3, 0.4) is 0 Å². The van der Waals surface area contributed by atoms with Crippen molar-refractivity contribution in [2.24, 2.45) is 4.99 Å². The summed E-state index contributed by atoms with van der Waals surface area (Å²) in [5, 5.41) is 8.90. The summed E-state index contributed by atoms with van der Waals surface area (Å²) >= 11 is 0. The van der Waals surface area contributed by atoms with Crippen LogP contribution < -0.4 is 4.90 Å². The van der Waals surface area contributed by atoms with Crippen molar-refractivity contribution in [1.29, 1.82) is 0 Å². The third kappa shape index (κ3) is 3.82. The number of nitrogens with zero attached hydrogens (tertiary/aromatic N) is 2. The Morgan fingerprint density at radius 1 is 1.17 bits per heavy atom. The number of aliphatic imine (C=N–C) groups is 1. The average Bonchev–Trinajstić information content (AvgIpc) is 3.11. The van der Waals surface area contributed by atoms with Gasteiger partial charge in [-0.1, -0.05) is 18.2 Å². The van der Waals surface area contributed by atoms with Crippen LogP contribution in [-0.2, 0) is 6.54 Å². The minimum atomic E-state index is -0.904. The number of benzene rings is 2. The van der Waals surface area contributed by atoms with E-state index < -0.39 is 5.97 Å². The predicted molar refractivity (Wildman–Crippen MR) is 97.3 cm³/mol. The summed E-state index contributed by atoms with van der Waals surface area (Å²) in [6.45, 7) is 4.97. The van der Waals surface area contributed by atoms with Gasteiger partial charge in [0.15, 0.2) is 0 Å². The van der Waals surface area contributed by atoms with Gasteiger partial charge in [-0.3, -0.25) is 4.99 Å². The molecule has 0 aliphatic carbocycles. The number of rotatable bonds is 5. The van der Waals surface area contributed by atoms with Crippen molar-refractivity contribution in [1.82, 2.24) is 0 Å². The van der Waals surface area contributed by atoms with Gasteiger partial charge in [0, 0.05) is 25.0 Å². The first-order valence-corrected chi connectivity index (χ1v) is 8.31. The lowest BCUT2D eigenvalue weighted by Gasteiger charge is -2.18. The molecule has 0 amide bonds. The highest BCUT2D eigenvalue weighted by Crippen LogP contribution is 2.22. The van der Waals surface area contributed by atoms with Crippen molar-refractivity contribution in [3.05, 3.63) is 64.7 Å². The summed E-state index contributed by atoms with van der Waals surface area (Å²) < 4.78 is 0. The monoisotopic (exact) mass is 322 g/mol. The summed E-state index contributed by atoms with van der Waals surface area (Å²) in [7, 11) is 0. The summed E-state index contributed by atoms with van der Waals surface area (Å²) in [6.07, 6.45) is 4.46. The zero-order valence-electron chi connectivity index (χ0n) is 13.9. The van der Waals surface area contributed by atoms with Crippen molar-refractivity contribution in [2.75, 3.05) is 18.0 Å². The first kappa shape index (κ1) is 16.2. The molecule has 1 fully saturated rings. The second kappa shape index (κ2) is 7.30. The molecule has 0 saturated carbocycles. The van der Waals surface area contributed by atoms with Gasteiger partial charge in [-0.05, 0) is 60.7 Å². The third-order valence-corrected chi connectivity index (χ3v) is 4.43. The molecule has 0 spiro atoms. The predicted octanol–water partition coefficient (Wildman–Crippen LogP) is 3.91. The topological polar surface area (TPSA) is 52.9 Å². The Morgan fingerprint density at radius 3 is 2.50 bits per heavy atom. The Kier molecular flexibility index (Phi) is 4.94. The molecule has 0 unspecified atom stereocenters. The molecule has 4 nitrogen and oxygen atoms in total. The third-order valence-electron chi connectivity index (χ3n) is 4.43. The van der Waals surface area contributed by atoms with E-state index in [1.54, 1.807) is 12.1 Å². The Hall–Kier alpha value is -2.62. The van der Waals surface area contributed by atoms with E-state index in [0.29, 0.717) is 12.1 Å². The van der Waals surface area contributed by atoms with Crippen LogP contribution in [0.5, 0.6) is 0 Å². The smallest absolute Gasteiger partial charge is 0.335 e. The van der Waals surface area contributed by atoms with Gasteiger partial charge in [-0.15, -0.1) is 0 Å². The number of hydrogen-bond donors (Lipinski definition) is 1. The lowest BCUT2D eigenvalue weighted by molar-refractivity contribution is 0.0697. The summed E-state index contributed by atoms with van der Waals surface area (Å²) in [5.41, 5.74) is 4.95. The molecule has 3 rings (SSSR count). The fourth-order valence-corrected chi connectivity index (χ4v) is 2.98. The van der Waals surface area contributed by atoms with Gasteiger partial charge in [-0.25, -0.2) is 4.79 Å². The zero-order chi connectivity index (χ0) is 16.9. The van der Waals surface area contributed by atoms with E-state index in [4.69, 9.17) is 5.11 Å². The van der Waals surface area contributed by atoms with Crippen molar-refractivity contribution in [3.63, 3.8) is 0 Å². The first-order valence-electron chi connectivity index (χ1n) is 8.31. The number of carboxylic acids is 1. The van der Waals surface area contributed by atoms with Crippen LogP contribution in [0.4, 0.5) is 5.69 Å². The Labute approximate surface area is 142 Å². The molecule has 0 atom stereocenters. The number of aromatic carboxylic acids is 1. The summed E-state index contributed by atoms with van der Waals surface area (Å²) in [5.74, 6) is -0.904. The molecule has 4 heteroatoms. The average molecular weight is 322 g/mol. The lowest BCUT2D eigenvalue weighted by Crippen LogP contribution is -2.17. The molecule has 1 heterocycles. The SMILES string of the molecule is Cc1cc(N2CCCC2)ccc1C=NCc1ccc(C(=O)O)cc1. The molecule has 2 aromatic carbocycles. The maximum atomic E-state index is 10.8. The molecule has 2 aromatic rings. The van der Waals surface area contributed by atoms with Crippen molar-refractivity contribution in [2.45, 2.75) is 26.3 Å². The van der Waals surface area contributed by atoms with Crippen LogP contribution in [0.2, 0.25) is 0 Å². The summed E-state index contributed by atoms with van der Waals surface area (Å²) in [4.78, 5) is 17.8. The van der Waals surface area contributed by atoms with Crippen LogP contribution >= 0.6 is 0 Å². The second-order valence-corrected chi connectivity index (χ2v) is 6.21. The van der Waals surface area contributed by atoms with Crippen molar-refractivity contribution in [3.8, 4) is 0 Å². The van der Waals surface area contributed by atoms with Crippen LogP contribution in [0.25, 0.3) is 0 Å². The van der Waals surface area contributed by atoms with Gasteiger partial charge < -0.3 is 10.0 Å². The van der Waals surface area contributed by atoms with Gasteiger partial charge in [0.05, 0.1) is 12.1 Å². The maximum absolute atomic E-state index is 10.8. The Bertz CT molecular complexity index is 745. The van der Waals surface area contributed by atoms with E-state index in [1.807, 2.05) is 18.3 Å². The molecule has 1 saturated heterocycles. The van der Waals surface area contributed by atoms with E-state index in [2.05, 4.69) is 35.0 Å². The highest BCUT2D eigenvalue weighted by atomic mass is 16.4. The summed E-state index contributed by atoms with van der Waals surface area (Å²) in [6, 6.07) is 13.4. The first-order chi connectivity index (χ1) is 11.6. The van der Waals surface area contributed by atoms with Crippen LogP contribution in [-0.4, -0.2) is 30.4 Å². The van der Waals surface area contributed by atoms with Crippen molar-refractivity contribution >= 4 is 17.9 Å². The fraction of sp³-hybridized carbons (Fsp3) is 0.300. The van der Waals surface area contributed by atoms with Gasteiger partial charge in [0.25, 0.3) is 0 Å². The van der Waals surface area contributed by atoms with Crippen molar-refractivity contribution < 1.29 is 9.90 Å². The van der Waals surface area contributed by atoms with Gasteiger partial charge in [-0.2, -0.15) is 0 Å². The van der Waals surface area contributed by atoms with Gasteiger partial charge >= 0.3 is 5.97 Å². The van der Waals surface area contributed by atoms with E-state index >= 15 is 0 Å². The van der Waals surface area contributed by atoms with Crippen LogP contribution in [0.1, 0.15) is 39.9 Å². The van der Waals surface area contributed by atoms with E-state index in [0.717, 1.165) is 24.2 Å². The molecule has 0 aromatic heterocycles. The minimum Gasteiger partial charge on any atom is -0.478 e. The number of carboxylic acid groups (broad SMARTS) is 1. The van der Waals surface area contributed by atoms with E-state index in [1.165, 1.54) is 24.1 Å². The molecule has 1 aliphatic rings. The molecular weight excluding hydrogens is 300 g/mol. The number of aryl methyl sites for hydroxylation is 1. The highest BCUT2D eigenvalue weighted by Gasteiger charge is 2.12. The zero-order valence-corrected chi connectivity index (χ0v) is 13.9. The molecule has 0 radical (unpaired) electrons. The van der Waals surface area contributed by atoms with E-state index in [-0.39, 0.29) is 0 Å². The number of hydrogen-bond acceptors (Lipinski definition) is 3.